The minimum Gasteiger partial charge on any atom is -0.375 e. The van der Waals surface area contributed by atoms with Crippen molar-refractivity contribution < 1.29 is 4.74 Å². The van der Waals surface area contributed by atoms with Crippen molar-refractivity contribution >= 4 is 19.1 Å². The smallest absolute Gasteiger partial charge is 0.113 e. The summed E-state index contributed by atoms with van der Waals surface area (Å²) in [5.74, 6) is 0. The van der Waals surface area contributed by atoms with Crippen molar-refractivity contribution in [3.63, 3.8) is 0 Å². The van der Waals surface area contributed by atoms with E-state index in [0.29, 0.717) is 12.2 Å². The Morgan fingerprint density at radius 1 is 1.37 bits per heavy atom. The number of rotatable bonds is 5. The van der Waals surface area contributed by atoms with Crippen LogP contribution >= 0.6 is 0 Å². The zero-order valence-corrected chi connectivity index (χ0v) is 12.5. The topological polar surface area (TPSA) is 74.6 Å². The van der Waals surface area contributed by atoms with E-state index in [4.69, 9.17) is 10.00 Å². The summed E-state index contributed by atoms with van der Waals surface area (Å²) in [5, 5.41) is 8.98. The Morgan fingerprint density at radius 3 is 2.84 bits per heavy atom. The van der Waals surface area contributed by atoms with E-state index >= 15 is 0 Å². The monoisotopic (exact) mass is 274 g/mol. The first kappa shape index (κ1) is 13.7. The predicted molar refractivity (Wildman–Crippen MR) is 76.4 cm³/mol. The van der Waals surface area contributed by atoms with Crippen LogP contribution in [0.5, 0.6) is 0 Å². The van der Waals surface area contributed by atoms with Gasteiger partial charge in [-0.05, 0) is 6.04 Å². The van der Waals surface area contributed by atoms with Crippen LogP contribution in [0.3, 0.4) is 0 Å². The Balaban J connectivity index is 2.06. The lowest BCUT2D eigenvalue weighted by molar-refractivity contribution is 0.131. The van der Waals surface area contributed by atoms with E-state index in [-0.39, 0.29) is 0 Å². The van der Waals surface area contributed by atoms with Gasteiger partial charge < -0.3 is 9.72 Å². The van der Waals surface area contributed by atoms with Crippen LogP contribution in [0, 0.1) is 11.3 Å². The van der Waals surface area contributed by atoms with Gasteiger partial charge in [0.15, 0.2) is 0 Å². The summed E-state index contributed by atoms with van der Waals surface area (Å²) in [6.45, 7) is 8.16. The van der Waals surface area contributed by atoms with Crippen molar-refractivity contribution in [3.05, 3.63) is 23.8 Å². The molecule has 0 saturated carbocycles. The number of aromatic amines is 1. The standard InChI is InChI=1S/C13H18N4OSi/c1-19(2,3)5-4-18-8-11-13-12(16-9-17-13)10(6-14)7-15-11/h7,9H,4-5,8H2,1-3H3,(H,16,17). The molecule has 0 aliphatic heterocycles. The van der Waals surface area contributed by atoms with Crippen LogP contribution in [0.15, 0.2) is 12.5 Å². The number of pyridine rings is 1. The Labute approximate surface area is 113 Å². The van der Waals surface area contributed by atoms with Crippen LogP contribution in [-0.2, 0) is 11.3 Å². The van der Waals surface area contributed by atoms with Crippen LogP contribution in [0.1, 0.15) is 11.3 Å². The largest absolute Gasteiger partial charge is 0.375 e. The molecule has 0 bridgehead atoms. The fraction of sp³-hybridized carbons (Fsp3) is 0.462. The highest BCUT2D eigenvalue weighted by Gasteiger charge is 2.13. The van der Waals surface area contributed by atoms with Gasteiger partial charge in [-0.25, -0.2) is 4.98 Å². The number of imidazole rings is 1. The number of ether oxygens (including phenoxy) is 1. The molecule has 0 aliphatic carbocycles. The lowest BCUT2D eigenvalue weighted by Crippen LogP contribution is -2.21. The van der Waals surface area contributed by atoms with Gasteiger partial charge >= 0.3 is 0 Å². The molecule has 0 atom stereocenters. The number of aromatic nitrogens is 3. The number of hydrogen-bond donors (Lipinski definition) is 1. The first-order chi connectivity index (χ1) is 9.01. The highest BCUT2D eigenvalue weighted by atomic mass is 28.3. The second-order valence-electron chi connectivity index (χ2n) is 5.72. The SMILES string of the molecule is C[Si](C)(C)CCOCc1ncc(C#N)c2[nH]cnc12. The summed E-state index contributed by atoms with van der Waals surface area (Å²) in [7, 11) is -1.06. The molecule has 0 radical (unpaired) electrons. The van der Waals surface area contributed by atoms with Gasteiger partial charge in [-0.2, -0.15) is 5.26 Å². The summed E-state index contributed by atoms with van der Waals surface area (Å²) in [6.07, 6.45) is 3.15. The average Bonchev–Trinajstić information content (AvgIpc) is 2.82. The molecule has 6 heteroatoms. The van der Waals surface area contributed by atoms with Crippen LogP contribution in [0.2, 0.25) is 25.7 Å². The van der Waals surface area contributed by atoms with Crippen LogP contribution in [0.4, 0.5) is 0 Å². The van der Waals surface area contributed by atoms with E-state index in [9.17, 15) is 0 Å². The molecule has 0 fully saturated rings. The van der Waals surface area contributed by atoms with Crippen molar-refractivity contribution in [1.29, 1.82) is 5.26 Å². The molecule has 1 N–H and O–H groups in total. The molecule has 0 amide bonds. The zero-order chi connectivity index (χ0) is 13.9. The Morgan fingerprint density at radius 2 is 2.16 bits per heavy atom. The van der Waals surface area contributed by atoms with Gasteiger partial charge in [0.05, 0.1) is 29.7 Å². The first-order valence-electron chi connectivity index (χ1n) is 6.30. The summed E-state index contributed by atoms with van der Waals surface area (Å²) >= 11 is 0. The molecule has 0 spiro atoms. The molecule has 100 valence electrons. The normalized spacial score (nSPS) is 11.7. The molecule has 0 aliphatic rings. The van der Waals surface area contributed by atoms with Crippen molar-refractivity contribution in [2.24, 2.45) is 0 Å². The van der Waals surface area contributed by atoms with Crippen molar-refractivity contribution in [2.45, 2.75) is 32.3 Å². The van der Waals surface area contributed by atoms with E-state index in [1.54, 1.807) is 12.5 Å². The van der Waals surface area contributed by atoms with Crippen molar-refractivity contribution in [1.82, 2.24) is 15.0 Å². The lowest BCUT2D eigenvalue weighted by atomic mass is 10.2. The number of fused-ring (bicyclic) bond motifs is 1. The van der Waals surface area contributed by atoms with Crippen LogP contribution < -0.4 is 0 Å². The summed E-state index contributed by atoms with van der Waals surface area (Å²) in [5.41, 5.74) is 2.76. The minimum absolute atomic E-state index is 0.442. The van der Waals surface area contributed by atoms with Gasteiger partial charge in [0.25, 0.3) is 0 Å². The molecule has 5 nitrogen and oxygen atoms in total. The van der Waals surface area contributed by atoms with Gasteiger partial charge in [-0.15, -0.1) is 0 Å². The van der Waals surface area contributed by atoms with Crippen LogP contribution in [0.25, 0.3) is 11.0 Å². The summed E-state index contributed by atoms with van der Waals surface area (Å²) in [4.78, 5) is 11.5. The Bertz CT molecular complexity index is 609. The maximum absolute atomic E-state index is 8.98. The molecular weight excluding hydrogens is 256 g/mol. The number of H-pyrrole nitrogens is 1. The number of nitrogens with zero attached hydrogens (tertiary/aromatic N) is 3. The molecule has 0 unspecified atom stereocenters. The quantitative estimate of drug-likeness (QED) is 0.672. The number of hydrogen-bond acceptors (Lipinski definition) is 4. The maximum Gasteiger partial charge on any atom is 0.113 e. The van der Waals surface area contributed by atoms with Crippen LogP contribution in [-0.4, -0.2) is 29.6 Å². The average molecular weight is 274 g/mol. The molecule has 2 aromatic heterocycles. The number of nitrogens with one attached hydrogen (secondary N) is 1. The van der Waals surface area contributed by atoms with Gasteiger partial charge in [-0.1, -0.05) is 19.6 Å². The lowest BCUT2D eigenvalue weighted by Gasteiger charge is -2.15. The molecule has 2 rings (SSSR count). The molecule has 2 aromatic rings. The molecule has 0 aromatic carbocycles. The summed E-state index contributed by atoms with van der Waals surface area (Å²) < 4.78 is 5.68. The third-order valence-electron chi connectivity index (χ3n) is 2.89. The van der Waals surface area contributed by atoms with Gasteiger partial charge in [0, 0.05) is 20.9 Å². The van der Waals surface area contributed by atoms with Gasteiger partial charge in [0.1, 0.15) is 11.6 Å². The maximum atomic E-state index is 8.98. The predicted octanol–water partition coefficient (Wildman–Crippen LogP) is 2.68. The first-order valence-corrected chi connectivity index (χ1v) is 10.0. The van der Waals surface area contributed by atoms with E-state index in [2.05, 4.69) is 40.7 Å². The van der Waals surface area contributed by atoms with E-state index in [1.807, 2.05) is 0 Å². The Kier molecular flexibility index (Phi) is 3.98. The van der Waals surface area contributed by atoms with E-state index in [1.165, 1.54) is 0 Å². The third kappa shape index (κ3) is 3.40. The highest BCUT2D eigenvalue weighted by molar-refractivity contribution is 6.76. The minimum atomic E-state index is -1.06. The zero-order valence-electron chi connectivity index (χ0n) is 11.5. The van der Waals surface area contributed by atoms with E-state index < -0.39 is 8.07 Å². The highest BCUT2D eigenvalue weighted by Crippen LogP contribution is 2.17. The van der Waals surface area contributed by atoms with Gasteiger partial charge in [0.2, 0.25) is 0 Å². The van der Waals surface area contributed by atoms with Gasteiger partial charge in [-0.3, -0.25) is 4.98 Å². The van der Waals surface area contributed by atoms with E-state index in [0.717, 1.165) is 29.4 Å². The molecule has 0 saturated heterocycles. The molecular formula is C13H18N4OSi. The Hall–Kier alpha value is -1.71. The molecule has 2 heterocycles. The summed E-state index contributed by atoms with van der Waals surface area (Å²) in [6, 6.07) is 3.23. The number of nitriles is 1. The fourth-order valence-corrected chi connectivity index (χ4v) is 2.48. The second-order valence-corrected chi connectivity index (χ2v) is 11.3. The fourth-order valence-electron chi connectivity index (χ4n) is 1.72. The van der Waals surface area contributed by atoms with Crippen molar-refractivity contribution in [3.8, 4) is 6.07 Å². The third-order valence-corrected chi connectivity index (χ3v) is 4.59. The van der Waals surface area contributed by atoms with Crippen molar-refractivity contribution in [2.75, 3.05) is 6.61 Å². The second kappa shape index (κ2) is 5.51. The molecule has 19 heavy (non-hydrogen) atoms.